The molecule has 0 radical (unpaired) electrons. The van der Waals surface area contributed by atoms with Crippen LogP contribution in [0.3, 0.4) is 0 Å². The monoisotopic (exact) mass is 258 g/mol. The molecule has 0 aliphatic carbocycles. The van der Waals surface area contributed by atoms with E-state index in [-0.39, 0.29) is 11.6 Å². The van der Waals surface area contributed by atoms with Crippen molar-refractivity contribution in [1.29, 1.82) is 0 Å². The first-order valence-electron chi connectivity index (χ1n) is 5.99. The summed E-state index contributed by atoms with van der Waals surface area (Å²) in [4.78, 5) is 12.1. The van der Waals surface area contributed by atoms with Crippen LogP contribution in [0.25, 0.3) is 0 Å². The molecule has 0 fully saturated rings. The number of hydrogen-bond donors (Lipinski definition) is 2. The van der Waals surface area contributed by atoms with E-state index in [1.54, 1.807) is 37.3 Å². The van der Waals surface area contributed by atoms with Crippen molar-refractivity contribution in [2.75, 3.05) is 11.1 Å². The molecule has 3 nitrogen and oxygen atoms in total. The van der Waals surface area contributed by atoms with Crippen LogP contribution in [0.2, 0.25) is 0 Å². The number of rotatable bonds is 3. The maximum absolute atomic E-state index is 13.4. The second kappa shape index (κ2) is 5.52. The van der Waals surface area contributed by atoms with Gasteiger partial charge in [0, 0.05) is 5.69 Å². The van der Waals surface area contributed by atoms with E-state index >= 15 is 0 Å². The molecule has 2 rings (SSSR count). The van der Waals surface area contributed by atoms with Gasteiger partial charge in [-0.2, -0.15) is 0 Å². The number of halogens is 1. The van der Waals surface area contributed by atoms with Crippen LogP contribution in [0, 0.1) is 5.82 Å². The normalized spacial score (nSPS) is 11.9. The van der Waals surface area contributed by atoms with Gasteiger partial charge in [-0.05, 0) is 36.8 Å². The van der Waals surface area contributed by atoms with Gasteiger partial charge in [-0.1, -0.05) is 24.3 Å². The van der Waals surface area contributed by atoms with Crippen molar-refractivity contribution in [2.45, 2.75) is 12.8 Å². The van der Waals surface area contributed by atoms with Crippen LogP contribution in [0.15, 0.2) is 48.5 Å². The van der Waals surface area contributed by atoms with Crippen LogP contribution < -0.4 is 11.1 Å². The van der Waals surface area contributed by atoms with Crippen molar-refractivity contribution < 1.29 is 9.18 Å². The summed E-state index contributed by atoms with van der Waals surface area (Å²) < 4.78 is 13.4. The summed E-state index contributed by atoms with van der Waals surface area (Å²) in [5.41, 5.74) is 7.26. The van der Waals surface area contributed by atoms with E-state index in [4.69, 9.17) is 5.73 Å². The zero-order chi connectivity index (χ0) is 13.8. The van der Waals surface area contributed by atoms with Gasteiger partial charge in [0.1, 0.15) is 5.82 Å². The first-order chi connectivity index (χ1) is 9.08. The molecular weight excluding hydrogens is 243 g/mol. The molecule has 0 saturated heterocycles. The summed E-state index contributed by atoms with van der Waals surface area (Å²) in [5.74, 6) is -1.12. The van der Waals surface area contributed by atoms with Crippen LogP contribution >= 0.6 is 0 Å². The maximum Gasteiger partial charge on any atom is 0.231 e. The fraction of sp³-hybridized carbons (Fsp3) is 0.133. The molecule has 2 aromatic carbocycles. The van der Waals surface area contributed by atoms with E-state index in [1.165, 1.54) is 12.1 Å². The zero-order valence-electron chi connectivity index (χ0n) is 10.6. The molecule has 0 aromatic heterocycles. The average Bonchev–Trinajstić information content (AvgIpc) is 2.40. The van der Waals surface area contributed by atoms with Crippen LogP contribution in [0.1, 0.15) is 18.4 Å². The molecule has 4 heteroatoms. The highest BCUT2D eigenvalue weighted by molar-refractivity contribution is 5.95. The molecule has 0 spiro atoms. The smallest absolute Gasteiger partial charge is 0.231 e. The predicted molar refractivity (Wildman–Crippen MR) is 74.3 cm³/mol. The number of anilines is 2. The molecule has 0 aliphatic rings. The molecule has 1 atom stereocenters. The standard InChI is InChI=1S/C15H15FN2O/c1-10(11-5-4-6-12(17)9-11)15(19)18-14-8-3-2-7-13(14)16/h2-10H,17H2,1H3,(H,18,19). The molecular formula is C15H15FN2O. The van der Waals surface area contributed by atoms with E-state index in [0.29, 0.717) is 5.69 Å². The Kier molecular flexibility index (Phi) is 3.80. The lowest BCUT2D eigenvalue weighted by atomic mass is 10.00. The Bertz CT molecular complexity index is 598. The van der Waals surface area contributed by atoms with Crippen molar-refractivity contribution in [2.24, 2.45) is 0 Å². The van der Waals surface area contributed by atoms with Crippen LogP contribution in [0.5, 0.6) is 0 Å². The number of hydrogen-bond acceptors (Lipinski definition) is 2. The van der Waals surface area contributed by atoms with E-state index < -0.39 is 11.7 Å². The van der Waals surface area contributed by atoms with Gasteiger partial charge in [0.2, 0.25) is 5.91 Å². The molecule has 19 heavy (non-hydrogen) atoms. The van der Waals surface area contributed by atoms with Gasteiger partial charge in [-0.25, -0.2) is 4.39 Å². The quantitative estimate of drug-likeness (QED) is 0.831. The number of nitrogen functional groups attached to an aromatic ring is 1. The number of benzene rings is 2. The molecule has 0 saturated carbocycles. The maximum atomic E-state index is 13.4. The zero-order valence-corrected chi connectivity index (χ0v) is 10.6. The van der Waals surface area contributed by atoms with Crippen LogP contribution in [-0.2, 0) is 4.79 Å². The fourth-order valence-electron chi connectivity index (χ4n) is 1.78. The van der Waals surface area contributed by atoms with Gasteiger partial charge in [0.05, 0.1) is 11.6 Å². The average molecular weight is 258 g/mol. The number of nitrogens with two attached hydrogens (primary N) is 1. The number of amides is 1. The van der Waals surface area contributed by atoms with Gasteiger partial charge >= 0.3 is 0 Å². The van der Waals surface area contributed by atoms with Gasteiger partial charge in [-0.3, -0.25) is 4.79 Å². The van der Waals surface area contributed by atoms with Gasteiger partial charge in [0.25, 0.3) is 0 Å². The molecule has 0 heterocycles. The molecule has 0 bridgehead atoms. The Morgan fingerprint density at radius 3 is 2.63 bits per heavy atom. The minimum absolute atomic E-state index is 0.184. The third-order valence-corrected chi connectivity index (χ3v) is 2.94. The van der Waals surface area contributed by atoms with Gasteiger partial charge in [-0.15, -0.1) is 0 Å². The predicted octanol–water partition coefficient (Wildman–Crippen LogP) is 3.15. The Morgan fingerprint density at radius 2 is 1.95 bits per heavy atom. The topological polar surface area (TPSA) is 55.1 Å². The van der Waals surface area contributed by atoms with Crippen molar-refractivity contribution >= 4 is 17.3 Å². The van der Waals surface area contributed by atoms with E-state index in [2.05, 4.69) is 5.32 Å². The summed E-state index contributed by atoms with van der Waals surface area (Å²) in [7, 11) is 0. The third kappa shape index (κ3) is 3.10. The summed E-state index contributed by atoms with van der Waals surface area (Å²) in [6.07, 6.45) is 0. The van der Waals surface area contributed by atoms with Crippen molar-refractivity contribution in [3.8, 4) is 0 Å². The van der Waals surface area contributed by atoms with Gasteiger partial charge < -0.3 is 11.1 Å². The highest BCUT2D eigenvalue weighted by Gasteiger charge is 2.16. The highest BCUT2D eigenvalue weighted by atomic mass is 19.1. The summed E-state index contributed by atoms with van der Waals surface area (Å²) >= 11 is 0. The molecule has 98 valence electrons. The van der Waals surface area contributed by atoms with E-state index in [9.17, 15) is 9.18 Å². The largest absolute Gasteiger partial charge is 0.399 e. The number of carbonyl (C=O) groups excluding carboxylic acids is 1. The molecule has 2 aromatic rings. The Balaban J connectivity index is 2.14. The Morgan fingerprint density at radius 1 is 1.21 bits per heavy atom. The Labute approximate surface area is 111 Å². The summed E-state index contributed by atoms with van der Waals surface area (Å²) in [5, 5.41) is 2.57. The lowest BCUT2D eigenvalue weighted by molar-refractivity contribution is -0.117. The number of carbonyl (C=O) groups is 1. The summed E-state index contributed by atoms with van der Waals surface area (Å²) in [6.45, 7) is 1.75. The highest BCUT2D eigenvalue weighted by Crippen LogP contribution is 2.21. The van der Waals surface area contributed by atoms with Crippen LogP contribution in [0.4, 0.5) is 15.8 Å². The SMILES string of the molecule is CC(C(=O)Nc1ccccc1F)c1cccc(N)c1. The second-order valence-corrected chi connectivity index (χ2v) is 4.36. The van der Waals surface area contributed by atoms with Gasteiger partial charge in [0.15, 0.2) is 0 Å². The van der Waals surface area contributed by atoms with Crippen molar-refractivity contribution in [1.82, 2.24) is 0 Å². The number of nitrogens with one attached hydrogen (secondary N) is 1. The lowest BCUT2D eigenvalue weighted by Crippen LogP contribution is -2.19. The van der Waals surface area contributed by atoms with Crippen molar-refractivity contribution in [3.63, 3.8) is 0 Å². The molecule has 1 amide bonds. The van der Waals surface area contributed by atoms with E-state index in [0.717, 1.165) is 5.56 Å². The molecule has 1 unspecified atom stereocenters. The molecule has 3 N–H and O–H groups in total. The first-order valence-corrected chi connectivity index (χ1v) is 5.99. The first kappa shape index (κ1) is 13.1. The Hall–Kier alpha value is -2.36. The second-order valence-electron chi connectivity index (χ2n) is 4.36. The minimum Gasteiger partial charge on any atom is -0.399 e. The number of para-hydroxylation sites is 1. The summed E-state index contributed by atoms with van der Waals surface area (Å²) in [6, 6.07) is 13.2. The van der Waals surface area contributed by atoms with Crippen molar-refractivity contribution in [3.05, 3.63) is 59.9 Å². The van der Waals surface area contributed by atoms with E-state index in [1.807, 2.05) is 6.07 Å². The lowest BCUT2D eigenvalue weighted by Gasteiger charge is -2.13. The fourth-order valence-corrected chi connectivity index (χ4v) is 1.78. The minimum atomic E-state index is -0.448. The van der Waals surface area contributed by atoms with Crippen LogP contribution in [-0.4, -0.2) is 5.91 Å². The third-order valence-electron chi connectivity index (χ3n) is 2.94. The molecule has 0 aliphatic heterocycles.